The molecule has 2 aromatic carbocycles. The molecule has 0 aliphatic heterocycles. The smallest absolute Gasteiger partial charge is 0.257 e. The zero-order valence-corrected chi connectivity index (χ0v) is 14.6. The molecule has 0 saturated carbocycles. The van der Waals surface area contributed by atoms with E-state index < -0.39 is 0 Å². The van der Waals surface area contributed by atoms with Crippen molar-refractivity contribution in [3.63, 3.8) is 0 Å². The fraction of sp³-hybridized carbons (Fsp3) is 0.235. The van der Waals surface area contributed by atoms with Crippen LogP contribution in [0.15, 0.2) is 46.8 Å². The molecule has 0 saturated heterocycles. The van der Waals surface area contributed by atoms with Gasteiger partial charge in [0.1, 0.15) is 0 Å². The van der Waals surface area contributed by atoms with Crippen molar-refractivity contribution in [1.29, 1.82) is 0 Å². The number of carbonyl (C=O) groups is 1. The first-order chi connectivity index (χ1) is 11.2. The van der Waals surface area contributed by atoms with E-state index in [9.17, 15) is 4.79 Å². The number of carbonyl (C=O) groups excluding carboxylic acids is 1. The first-order valence-corrected chi connectivity index (χ1v) is 9.15. The molecule has 4 nitrogen and oxygen atoms in total. The van der Waals surface area contributed by atoms with E-state index in [-0.39, 0.29) is 5.91 Å². The summed E-state index contributed by atoms with van der Waals surface area (Å²) in [5, 5.41) is 14.2. The van der Waals surface area contributed by atoms with Gasteiger partial charge in [0.25, 0.3) is 5.91 Å². The average molecular weight is 343 g/mol. The van der Waals surface area contributed by atoms with Gasteiger partial charge < -0.3 is 0 Å². The lowest BCUT2D eigenvalue weighted by Gasteiger charge is -2.04. The van der Waals surface area contributed by atoms with Gasteiger partial charge in [-0.05, 0) is 29.3 Å². The van der Waals surface area contributed by atoms with E-state index in [0.717, 1.165) is 21.5 Å². The van der Waals surface area contributed by atoms with Crippen LogP contribution in [-0.4, -0.2) is 21.4 Å². The van der Waals surface area contributed by atoms with Gasteiger partial charge in [0.05, 0.1) is 0 Å². The topological polar surface area (TPSA) is 54.9 Å². The normalized spacial score (nSPS) is 12.3. The molecule has 0 fully saturated rings. The third-order valence-corrected chi connectivity index (χ3v) is 5.71. The molecule has 0 radical (unpaired) electrons. The Labute approximate surface area is 143 Å². The van der Waals surface area contributed by atoms with E-state index in [1.807, 2.05) is 42.5 Å². The van der Waals surface area contributed by atoms with Gasteiger partial charge in [-0.1, -0.05) is 67.3 Å². The molecule has 3 rings (SSSR count). The largest absolute Gasteiger partial charge is 0.296 e. The monoisotopic (exact) mass is 343 g/mol. The van der Waals surface area contributed by atoms with Crippen LogP contribution in [0.2, 0.25) is 0 Å². The van der Waals surface area contributed by atoms with Gasteiger partial charge in [-0.2, -0.15) is 0 Å². The van der Waals surface area contributed by atoms with Crippen LogP contribution in [0.3, 0.4) is 0 Å². The Morgan fingerprint density at radius 3 is 2.78 bits per heavy atom. The lowest BCUT2D eigenvalue weighted by molar-refractivity contribution is 0.102. The Bertz CT molecular complexity index is 831. The molecule has 1 amide bonds. The van der Waals surface area contributed by atoms with Crippen LogP contribution in [0.5, 0.6) is 0 Å². The van der Waals surface area contributed by atoms with Gasteiger partial charge in [-0.15, -0.1) is 10.2 Å². The maximum Gasteiger partial charge on any atom is 0.257 e. The minimum atomic E-state index is -0.160. The van der Waals surface area contributed by atoms with Crippen LogP contribution in [0, 0.1) is 0 Å². The van der Waals surface area contributed by atoms with Crippen molar-refractivity contribution < 1.29 is 4.79 Å². The van der Waals surface area contributed by atoms with E-state index >= 15 is 0 Å². The van der Waals surface area contributed by atoms with Crippen LogP contribution in [0.1, 0.15) is 30.6 Å². The average Bonchev–Trinajstić information content (AvgIpc) is 3.01. The fourth-order valence-electron chi connectivity index (χ4n) is 2.06. The van der Waals surface area contributed by atoms with Crippen molar-refractivity contribution in [3.05, 3.63) is 48.0 Å². The summed E-state index contributed by atoms with van der Waals surface area (Å²) in [5.41, 5.74) is 0.620. The standard InChI is InChI=1S/C17H17N3OS2/c1-3-11(2)22-17-20-19-16(23-17)18-15(21)14-9-8-12-6-4-5-7-13(12)10-14/h4-11H,3H2,1-2H3,(H,18,19,21)/t11-/m1/s1. The van der Waals surface area contributed by atoms with Gasteiger partial charge in [0.15, 0.2) is 4.34 Å². The van der Waals surface area contributed by atoms with Crippen molar-refractivity contribution >= 4 is 44.9 Å². The number of anilines is 1. The molecule has 1 aromatic heterocycles. The minimum absolute atomic E-state index is 0.160. The number of benzene rings is 2. The maximum atomic E-state index is 12.4. The summed E-state index contributed by atoms with van der Waals surface area (Å²) >= 11 is 3.09. The minimum Gasteiger partial charge on any atom is -0.296 e. The first-order valence-electron chi connectivity index (χ1n) is 7.46. The first kappa shape index (κ1) is 16.0. The van der Waals surface area contributed by atoms with Crippen LogP contribution in [0.25, 0.3) is 10.8 Å². The highest BCUT2D eigenvalue weighted by Gasteiger charge is 2.12. The summed E-state index contributed by atoms with van der Waals surface area (Å²) in [6.45, 7) is 4.29. The van der Waals surface area contributed by atoms with E-state index in [1.165, 1.54) is 11.3 Å². The lowest BCUT2D eigenvalue weighted by atomic mass is 10.1. The van der Waals surface area contributed by atoms with Crippen LogP contribution in [0.4, 0.5) is 5.13 Å². The Kier molecular flexibility index (Phi) is 4.93. The predicted molar refractivity (Wildman–Crippen MR) is 97.4 cm³/mol. The van der Waals surface area contributed by atoms with E-state index in [1.54, 1.807) is 11.8 Å². The summed E-state index contributed by atoms with van der Waals surface area (Å²) in [7, 11) is 0. The molecule has 1 heterocycles. The molecular weight excluding hydrogens is 326 g/mol. The van der Waals surface area contributed by atoms with Crippen molar-refractivity contribution in [2.24, 2.45) is 0 Å². The number of hydrogen-bond acceptors (Lipinski definition) is 5. The zero-order chi connectivity index (χ0) is 16.2. The van der Waals surface area contributed by atoms with Crippen LogP contribution >= 0.6 is 23.1 Å². The van der Waals surface area contributed by atoms with Gasteiger partial charge in [0, 0.05) is 10.8 Å². The summed E-state index contributed by atoms with van der Waals surface area (Å²) in [6.07, 6.45) is 1.07. The third-order valence-electron chi connectivity index (χ3n) is 3.52. The number of hydrogen-bond donors (Lipinski definition) is 1. The molecule has 6 heteroatoms. The van der Waals surface area contributed by atoms with Gasteiger partial charge >= 0.3 is 0 Å². The van der Waals surface area contributed by atoms with Gasteiger partial charge in [-0.25, -0.2) is 0 Å². The Hall–Kier alpha value is -1.92. The Morgan fingerprint density at radius 2 is 2.00 bits per heavy atom. The summed E-state index contributed by atoms with van der Waals surface area (Å²) in [5.74, 6) is -0.160. The zero-order valence-electron chi connectivity index (χ0n) is 12.9. The maximum absolute atomic E-state index is 12.4. The molecule has 3 aromatic rings. The number of thioether (sulfide) groups is 1. The quantitative estimate of drug-likeness (QED) is 0.532. The number of rotatable bonds is 5. The van der Waals surface area contributed by atoms with Crippen molar-refractivity contribution in [2.45, 2.75) is 29.9 Å². The van der Waals surface area contributed by atoms with Crippen molar-refractivity contribution in [1.82, 2.24) is 10.2 Å². The molecule has 0 aliphatic rings. The second-order valence-electron chi connectivity index (χ2n) is 5.23. The summed E-state index contributed by atoms with van der Waals surface area (Å²) in [6, 6.07) is 13.6. The van der Waals surface area contributed by atoms with Crippen LogP contribution < -0.4 is 5.32 Å². The molecular formula is C17H17N3OS2. The lowest BCUT2D eigenvalue weighted by Crippen LogP contribution is -2.11. The highest BCUT2D eigenvalue weighted by Crippen LogP contribution is 2.30. The molecule has 0 aliphatic carbocycles. The molecule has 1 N–H and O–H groups in total. The second kappa shape index (κ2) is 7.10. The second-order valence-corrected chi connectivity index (χ2v) is 7.89. The fourth-order valence-corrected chi connectivity index (χ4v) is 4.06. The molecule has 0 unspecified atom stereocenters. The Morgan fingerprint density at radius 1 is 1.22 bits per heavy atom. The SMILES string of the molecule is CC[C@@H](C)Sc1nnc(NC(=O)c2ccc3ccccc3c2)s1. The highest BCUT2D eigenvalue weighted by molar-refractivity contribution is 8.01. The number of nitrogens with zero attached hydrogens (tertiary/aromatic N) is 2. The number of fused-ring (bicyclic) bond motifs is 1. The molecule has 0 bridgehead atoms. The molecule has 1 atom stereocenters. The van der Waals surface area contributed by atoms with Gasteiger partial charge in [-0.3, -0.25) is 10.1 Å². The summed E-state index contributed by atoms with van der Waals surface area (Å²) in [4.78, 5) is 12.4. The van der Waals surface area contributed by atoms with Crippen LogP contribution in [-0.2, 0) is 0 Å². The summed E-state index contributed by atoms with van der Waals surface area (Å²) < 4.78 is 0.883. The number of amides is 1. The predicted octanol–water partition coefficient (Wildman–Crippen LogP) is 4.83. The van der Waals surface area contributed by atoms with E-state index in [0.29, 0.717) is 15.9 Å². The van der Waals surface area contributed by atoms with Crippen molar-refractivity contribution in [2.75, 3.05) is 5.32 Å². The van der Waals surface area contributed by atoms with Crippen molar-refractivity contribution in [3.8, 4) is 0 Å². The number of nitrogens with one attached hydrogen (secondary N) is 1. The molecule has 0 spiro atoms. The third kappa shape index (κ3) is 3.89. The van der Waals surface area contributed by atoms with Gasteiger partial charge in [0.2, 0.25) is 5.13 Å². The number of aromatic nitrogens is 2. The highest BCUT2D eigenvalue weighted by atomic mass is 32.2. The Balaban J connectivity index is 1.73. The molecule has 118 valence electrons. The molecule has 23 heavy (non-hydrogen) atoms. The van der Waals surface area contributed by atoms with E-state index in [2.05, 4.69) is 29.4 Å². The van der Waals surface area contributed by atoms with E-state index in [4.69, 9.17) is 0 Å².